The summed E-state index contributed by atoms with van der Waals surface area (Å²) in [7, 11) is 0. The molecule has 0 saturated carbocycles. The van der Waals surface area contributed by atoms with Crippen LogP contribution < -0.4 is 10.1 Å². The van der Waals surface area contributed by atoms with E-state index in [2.05, 4.69) is 5.32 Å². The first-order valence-electron chi connectivity index (χ1n) is 7.07. The molecule has 1 atom stereocenters. The highest BCUT2D eigenvalue weighted by atomic mass is 16.5. The summed E-state index contributed by atoms with van der Waals surface area (Å²) >= 11 is 0. The molecule has 0 fully saturated rings. The van der Waals surface area contributed by atoms with Gasteiger partial charge in [0, 0.05) is 6.54 Å². The van der Waals surface area contributed by atoms with Gasteiger partial charge >= 0.3 is 5.97 Å². The summed E-state index contributed by atoms with van der Waals surface area (Å²) in [5.41, 5.74) is 0.171. The highest BCUT2D eigenvalue weighted by Gasteiger charge is 2.31. The van der Waals surface area contributed by atoms with Crippen LogP contribution >= 0.6 is 0 Å². The molecule has 0 spiro atoms. The third-order valence-electron chi connectivity index (χ3n) is 3.56. The van der Waals surface area contributed by atoms with Crippen LogP contribution in [0.5, 0.6) is 5.75 Å². The minimum Gasteiger partial charge on any atom is -0.493 e. The van der Waals surface area contributed by atoms with Crippen LogP contribution in [-0.2, 0) is 9.59 Å². The van der Waals surface area contributed by atoms with E-state index in [0.717, 1.165) is 11.3 Å². The monoisotopic (exact) mass is 293 g/mol. The number of aryl methyl sites for hydroxylation is 1. The molecule has 0 aliphatic heterocycles. The van der Waals surface area contributed by atoms with Gasteiger partial charge in [0.05, 0.1) is 18.4 Å². The highest BCUT2D eigenvalue weighted by molar-refractivity contribution is 5.78. The van der Waals surface area contributed by atoms with Crippen LogP contribution in [0.25, 0.3) is 0 Å². The minimum atomic E-state index is -0.924. The average molecular weight is 293 g/mol. The molecule has 0 saturated heterocycles. The first-order chi connectivity index (χ1) is 9.87. The molecule has 5 heteroatoms. The van der Waals surface area contributed by atoms with Gasteiger partial charge in [-0.15, -0.1) is 0 Å². The number of rotatable bonds is 8. The van der Waals surface area contributed by atoms with Gasteiger partial charge in [0.1, 0.15) is 5.75 Å². The Bertz CT molecular complexity index is 501. The molecule has 2 N–H and O–H groups in total. The van der Waals surface area contributed by atoms with Gasteiger partial charge in [-0.25, -0.2) is 0 Å². The Kier molecular flexibility index (Phi) is 6.21. The predicted octanol–water partition coefficient (Wildman–Crippen LogP) is 2.38. The lowest BCUT2D eigenvalue weighted by Gasteiger charge is -2.23. The molecule has 1 aromatic carbocycles. The van der Waals surface area contributed by atoms with Gasteiger partial charge in [-0.05, 0) is 38.0 Å². The maximum atomic E-state index is 11.7. The number of carbonyl (C=O) groups excluding carboxylic acids is 1. The number of carboxylic acid groups (broad SMARTS) is 1. The van der Waals surface area contributed by atoms with Gasteiger partial charge in [0.2, 0.25) is 5.91 Å². The maximum Gasteiger partial charge on any atom is 0.311 e. The van der Waals surface area contributed by atoms with Crippen molar-refractivity contribution in [2.45, 2.75) is 33.6 Å². The van der Waals surface area contributed by atoms with E-state index >= 15 is 0 Å². The van der Waals surface area contributed by atoms with Crippen LogP contribution in [0.2, 0.25) is 0 Å². The molecule has 21 heavy (non-hydrogen) atoms. The Morgan fingerprint density at radius 3 is 2.67 bits per heavy atom. The van der Waals surface area contributed by atoms with Crippen molar-refractivity contribution in [1.82, 2.24) is 5.32 Å². The van der Waals surface area contributed by atoms with Crippen molar-refractivity contribution < 1.29 is 19.4 Å². The van der Waals surface area contributed by atoms with Crippen molar-refractivity contribution in [1.29, 1.82) is 0 Å². The summed E-state index contributed by atoms with van der Waals surface area (Å²) in [4.78, 5) is 22.8. The van der Waals surface area contributed by atoms with E-state index in [1.807, 2.05) is 31.2 Å². The van der Waals surface area contributed by atoms with E-state index in [4.69, 9.17) is 9.84 Å². The van der Waals surface area contributed by atoms with Crippen molar-refractivity contribution in [2.24, 2.45) is 5.41 Å². The standard InChI is InChI=1S/C16H23NO4/c1-4-16(3,15(19)20)11-17-14(18)8-9-21-13-7-5-6-12(2)10-13/h5-7,10H,4,8-9,11H2,1-3H3,(H,17,18)(H,19,20). The van der Waals surface area contributed by atoms with Crippen LogP contribution in [-0.4, -0.2) is 30.1 Å². The second-order valence-electron chi connectivity index (χ2n) is 5.41. The van der Waals surface area contributed by atoms with Crippen molar-refractivity contribution in [3.05, 3.63) is 29.8 Å². The number of nitrogens with one attached hydrogen (secondary N) is 1. The number of hydrogen-bond acceptors (Lipinski definition) is 3. The molecule has 0 radical (unpaired) electrons. The highest BCUT2D eigenvalue weighted by Crippen LogP contribution is 2.19. The van der Waals surface area contributed by atoms with E-state index in [-0.39, 0.29) is 25.5 Å². The number of carbonyl (C=O) groups is 2. The van der Waals surface area contributed by atoms with E-state index in [1.54, 1.807) is 13.8 Å². The second kappa shape index (κ2) is 7.67. The molecule has 0 heterocycles. The molecule has 0 aliphatic carbocycles. The average Bonchev–Trinajstić information content (AvgIpc) is 2.44. The predicted molar refractivity (Wildman–Crippen MR) is 80.3 cm³/mol. The fourth-order valence-electron chi connectivity index (χ4n) is 1.70. The van der Waals surface area contributed by atoms with Crippen LogP contribution in [0.15, 0.2) is 24.3 Å². The first-order valence-corrected chi connectivity index (χ1v) is 7.07. The summed E-state index contributed by atoms with van der Waals surface area (Å²) in [5.74, 6) is -0.378. The van der Waals surface area contributed by atoms with Gasteiger partial charge in [-0.3, -0.25) is 9.59 Å². The Labute approximate surface area is 125 Å². The lowest BCUT2D eigenvalue weighted by Crippen LogP contribution is -2.40. The molecule has 1 unspecified atom stereocenters. The molecule has 1 rings (SSSR count). The number of hydrogen-bond donors (Lipinski definition) is 2. The number of carboxylic acids is 1. The molecule has 5 nitrogen and oxygen atoms in total. The SMILES string of the molecule is CCC(C)(CNC(=O)CCOc1cccc(C)c1)C(=O)O. The van der Waals surface area contributed by atoms with Gasteiger partial charge in [0.15, 0.2) is 0 Å². The van der Waals surface area contributed by atoms with Crippen LogP contribution in [0.1, 0.15) is 32.3 Å². The lowest BCUT2D eigenvalue weighted by molar-refractivity contribution is -0.148. The van der Waals surface area contributed by atoms with Gasteiger partial charge in [0.25, 0.3) is 0 Å². The number of aliphatic carboxylic acids is 1. The molecule has 1 aromatic rings. The topological polar surface area (TPSA) is 75.6 Å². The normalized spacial score (nSPS) is 13.3. The summed E-state index contributed by atoms with van der Waals surface area (Å²) in [6.07, 6.45) is 0.662. The maximum absolute atomic E-state index is 11.7. The zero-order chi connectivity index (χ0) is 15.9. The smallest absolute Gasteiger partial charge is 0.311 e. The first kappa shape index (κ1) is 17.0. The molecular formula is C16H23NO4. The molecule has 116 valence electrons. The quantitative estimate of drug-likeness (QED) is 0.771. The van der Waals surface area contributed by atoms with E-state index in [9.17, 15) is 9.59 Å². The number of benzene rings is 1. The number of ether oxygens (including phenoxy) is 1. The van der Waals surface area contributed by atoms with E-state index < -0.39 is 11.4 Å². The Hall–Kier alpha value is -2.04. The van der Waals surface area contributed by atoms with Gasteiger partial charge in [-0.2, -0.15) is 0 Å². The van der Waals surface area contributed by atoms with Crippen molar-refractivity contribution in [2.75, 3.05) is 13.2 Å². The van der Waals surface area contributed by atoms with Crippen molar-refractivity contribution in [3.63, 3.8) is 0 Å². The van der Waals surface area contributed by atoms with Crippen LogP contribution in [0.4, 0.5) is 0 Å². The van der Waals surface area contributed by atoms with Gasteiger partial charge < -0.3 is 15.2 Å². The molecule has 0 aromatic heterocycles. The fourth-order valence-corrected chi connectivity index (χ4v) is 1.70. The number of amides is 1. The molecular weight excluding hydrogens is 270 g/mol. The van der Waals surface area contributed by atoms with E-state index in [1.165, 1.54) is 0 Å². The Morgan fingerprint density at radius 2 is 2.10 bits per heavy atom. The van der Waals surface area contributed by atoms with Crippen molar-refractivity contribution in [3.8, 4) is 5.75 Å². The van der Waals surface area contributed by atoms with Crippen LogP contribution in [0.3, 0.4) is 0 Å². The summed E-state index contributed by atoms with van der Waals surface area (Å²) in [6, 6.07) is 7.60. The third kappa shape index (κ3) is 5.45. The fraction of sp³-hybridized carbons (Fsp3) is 0.500. The minimum absolute atomic E-state index is 0.127. The Morgan fingerprint density at radius 1 is 1.38 bits per heavy atom. The van der Waals surface area contributed by atoms with Crippen LogP contribution in [0, 0.1) is 12.3 Å². The lowest BCUT2D eigenvalue weighted by atomic mass is 9.88. The summed E-state index contributed by atoms with van der Waals surface area (Å²) in [6.45, 7) is 5.78. The third-order valence-corrected chi connectivity index (χ3v) is 3.56. The van der Waals surface area contributed by atoms with Crippen molar-refractivity contribution >= 4 is 11.9 Å². The second-order valence-corrected chi connectivity index (χ2v) is 5.41. The van der Waals surface area contributed by atoms with Gasteiger partial charge in [-0.1, -0.05) is 19.1 Å². The summed E-state index contributed by atoms with van der Waals surface area (Å²) < 4.78 is 5.49. The zero-order valence-electron chi connectivity index (χ0n) is 12.8. The molecule has 0 bridgehead atoms. The Balaban J connectivity index is 2.33. The molecule has 0 aliphatic rings. The van der Waals surface area contributed by atoms with E-state index in [0.29, 0.717) is 6.42 Å². The summed E-state index contributed by atoms with van der Waals surface area (Å²) in [5, 5.41) is 11.8. The largest absolute Gasteiger partial charge is 0.493 e. The molecule has 1 amide bonds. The zero-order valence-corrected chi connectivity index (χ0v) is 12.8.